The predicted molar refractivity (Wildman–Crippen MR) is 101 cm³/mol. The number of amides is 1. The zero-order valence-electron chi connectivity index (χ0n) is 13.5. The van der Waals surface area contributed by atoms with E-state index in [1.807, 2.05) is 0 Å². The minimum Gasteiger partial charge on any atom is -0.446 e. The molecule has 26 heavy (non-hydrogen) atoms. The molecule has 3 aromatic rings. The third-order valence-corrected chi connectivity index (χ3v) is 4.70. The van der Waals surface area contributed by atoms with Crippen molar-refractivity contribution in [2.24, 2.45) is 0 Å². The zero-order valence-corrected chi connectivity index (χ0v) is 15.9. The number of carbonyl (C=O) groups excluding carboxylic acids is 1. The van der Waals surface area contributed by atoms with Crippen molar-refractivity contribution in [1.29, 1.82) is 0 Å². The highest BCUT2D eigenvalue weighted by Crippen LogP contribution is 2.27. The summed E-state index contributed by atoms with van der Waals surface area (Å²) in [7, 11) is 0. The van der Waals surface area contributed by atoms with Crippen LogP contribution in [-0.4, -0.2) is 26.4 Å². The zero-order chi connectivity index (χ0) is 18.5. The summed E-state index contributed by atoms with van der Waals surface area (Å²) >= 11 is 4.45. The number of carbonyl (C=O) groups is 1. The number of halogens is 2. The first-order valence-electron chi connectivity index (χ1n) is 7.55. The number of nitrogens with one attached hydrogen (secondary N) is 1. The molecular weight excluding hydrogens is 423 g/mol. The summed E-state index contributed by atoms with van der Waals surface area (Å²) in [6.45, 7) is 4.19. The highest BCUT2D eigenvalue weighted by Gasteiger charge is 2.17. The molecule has 0 fully saturated rings. The van der Waals surface area contributed by atoms with Gasteiger partial charge in [0.25, 0.3) is 0 Å². The average molecular weight is 437 g/mol. The third-order valence-electron chi connectivity index (χ3n) is 3.30. The highest BCUT2D eigenvalue weighted by atomic mass is 79.9. The predicted octanol–water partition coefficient (Wildman–Crippen LogP) is 4.36. The largest absolute Gasteiger partial charge is 0.446 e. The van der Waals surface area contributed by atoms with Crippen molar-refractivity contribution in [3.05, 3.63) is 59.5 Å². The summed E-state index contributed by atoms with van der Waals surface area (Å²) in [6.07, 6.45) is 1.70. The Balaban J connectivity index is 1.71. The molecule has 0 saturated heterocycles. The van der Waals surface area contributed by atoms with Crippen LogP contribution >= 0.6 is 27.7 Å². The summed E-state index contributed by atoms with van der Waals surface area (Å²) in [5, 5.41) is 11.3. The molecule has 0 bridgehead atoms. The Hall–Kier alpha value is -2.39. The number of anilines is 1. The van der Waals surface area contributed by atoms with Gasteiger partial charge >= 0.3 is 0 Å². The molecule has 134 valence electrons. The monoisotopic (exact) mass is 436 g/mol. The van der Waals surface area contributed by atoms with Crippen LogP contribution in [0.4, 0.5) is 10.1 Å². The molecule has 0 aliphatic heterocycles. The quantitative estimate of drug-likeness (QED) is 0.440. The Labute approximate surface area is 161 Å². The second kappa shape index (κ2) is 8.33. The molecule has 0 spiro atoms. The number of thioether (sulfide) groups is 1. The Morgan fingerprint density at radius 1 is 1.35 bits per heavy atom. The van der Waals surface area contributed by atoms with Gasteiger partial charge < -0.3 is 9.73 Å². The lowest BCUT2D eigenvalue weighted by Crippen LogP contribution is -2.15. The first kappa shape index (κ1) is 18.4. The van der Waals surface area contributed by atoms with E-state index in [1.54, 1.807) is 34.9 Å². The van der Waals surface area contributed by atoms with Crippen LogP contribution < -0.4 is 5.32 Å². The summed E-state index contributed by atoms with van der Waals surface area (Å²) < 4.78 is 21.5. The van der Waals surface area contributed by atoms with Crippen molar-refractivity contribution in [2.45, 2.75) is 11.7 Å². The van der Waals surface area contributed by atoms with Gasteiger partial charge in [0.05, 0.1) is 11.4 Å². The summed E-state index contributed by atoms with van der Waals surface area (Å²) in [6, 6.07) is 9.54. The molecular formula is C17H14BrFN4O2S. The first-order chi connectivity index (χ1) is 12.6. The third kappa shape index (κ3) is 4.23. The maximum absolute atomic E-state index is 13.6. The molecule has 0 unspecified atom stereocenters. The van der Waals surface area contributed by atoms with E-state index in [1.165, 1.54) is 23.9 Å². The van der Waals surface area contributed by atoms with Gasteiger partial charge in [-0.25, -0.2) is 4.39 Å². The van der Waals surface area contributed by atoms with Crippen molar-refractivity contribution in [2.75, 3.05) is 11.1 Å². The first-order valence-corrected chi connectivity index (χ1v) is 9.33. The maximum atomic E-state index is 13.6. The van der Waals surface area contributed by atoms with Crippen LogP contribution in [0.3, 0.4) is 0 Å². The molecule has 1 aromatic carbocycles. The SMILES string of the molecule is C=CCn1c(SCC(=O)Nc2ccccc2F)nnc1-c1ccc(Br)o1. The van der Waals surface area contributed by atoms with Crippen LogP contribution in [-0.2, 0) is 11.3 Å². The normalized spacial score (nSPS) is 10.7. The number of allylic oxidation sites excluding steroid dienone is 1. The second-order valence-electron chi connectivity index (χ2n) is 5.13. The van der Waals surface area contributed by atoms with Gasteiger partial charge in [-0.1, -0.05) is 30.0 Å². The van der Waals surface area contributed by atoms with Crippen molar-refractivity contribution in [3.63, 3.8) is 0 Å². The van der Waals surface area contributed by atoms with Crippen molar-refractivity contribution in [3.8, 4) is 11.6 Å². The molecule has 0 radical (unpaired) electrons. The lowest BCUT2D eigenvalue weighted by atomic mass is 10.3. The highest BCUT2D eigenvalue weighted by molar-refractivity contribution is 9.10. The molecule has 0 atom stereocenters. The van der Waals surface area contributed by atoms with E-state index in [2.05, 4.69) is 38.0 Å². The molecule has 0 aliphatic carbocycles. The fraction of sp³-hybridized carbons (Fsp3) is 0.118. The standard InChI is InChI=1S/C17H14BrFN4O2S/c1-2-9-23-16(13-7-8-14(18)25-13)21-22-17(23)26-10-15(24)20-12-6-4-3-5-11(12)19/h2-8H,1,9-10H2,(H,20,24). The van der Waals surface area contributed by atoms with Crippen LogP contribution in [0.1, 0.15) is 0 Å². The average Bonchev–Trinajstić information content (AvgIpc) is 3.22. The van der Waals surface area contributed by atoms with Crippen LogP contribution in [0, 0.1) is 5.82 Å². The number of benzene rings is 1. The van der Waals surface area contributed by atoms with Gasteiger partial charge in [0.2, 0.25) is 11.7 Å². The van der Waals surface area contributed by atoms with E-state index in [0.29, 0.717) is 28.0 Å². The Kier molecular flexibility index (Phi) is 5.89. The van der Waals surface area contributed by atoms with Crippen LogP contribution in [0.25, 0.3) is 11.6 Å². The van der Waals surface area contributed by atoms with Crippen molar-refractivity contribution >= 4 is 39.3 Å². The number of para-hydroxylation sites is 1. The van der Waals surface area contributed by atoms with Gasteiger partial charge in [-0.3, -0.25) is 9.36 Å². The molecule has 2 aromatic heterocycles. The van der Waals surface area contributed by atoms with E-state index >= 15 is 0 Å². The topological polar surface area (TPSA) is 73.0 Å². The smallest absolute Gasteiger partial charge is 0.234 e. The molecule has 2 heterocycles. The van der Waals surface area contributed by atoms with Crippen LogP contribution in [0.15, 0.2) is 63.3 Å². The summed E-state index contributed by atoms with van der Waals surface area (Å²) in [5.41, 5.74) is 0.145. The number of aromatic nitrogens is 3. The minimum atomic E-state index is -0.480. The molecule has 6 nitrogen and oxygen atoms in total. The summed E-state index contributed by atoms with van der Waals surface area (Å²) in [4.78, 5) is 12.1. The Morgan fingerprint density at radius 2 is 2.15 bits per heavy atom. The molecule has 1 amide bonds. The van der Waals surface area contributed by atoms with E-state index in [-0.39, 0.29) is 17.3 Å². The molecule has 0 aliphatic rings. The van der Waals surface area contributed by atoms with Gasteiger partial charge in [-0.05, 0) is 40.2 Å². The van der Waals surface area contributed by atoms with Gasteiger partial charge in [-0.15, -0.1) is 16.8 Å². The van der Waals surface area contributed by atoms with Crippen molar-refractivity contribution in [1.82, 2.24) is 14.8 Å². The maximum Gasteiger partial charge on any atom is 0.234 e. The lowest BCUT2D eigenvalue weighted by Gasteiger charge is -2.07. The second-order valence-corrected chi connectivity index (χ2v) is 6.85. The van der Waals surface area contributed by atoms with E-state index in [0.717, 1.165) is 0 Å². The summed E-state index contributed by atoms with van der Waals surface area (Å²) in [5.74, 6) is 0.328. The van der Waals surface area contributed by atoms with Crippen molar-refractivity contribution < 1.29 is 13.6 Å². The molecule has 3 rings (SSSR count). The number of nitrogens with zero attached hydrogens (tertiary/aromatic N) is 3. The van der Waals surface area contributed by atoms with E-state index < -0.39 is 5.82 Å². The molecule has 9 heteroatoms. The fourth-order valence-corrected chi connectivity index (χ4v) is 3.24. The van der Waals surface area contributed by atoms with Gasteiger partial charge in [0.1, 0.15) is 5.82 Å². The minimum absolute atomic E-state index is 0.0610. The Morgan fingerprint density at radius 3 is 2.85 bits per heavy atom. The molecule has 1 N–H and O–H groups in total. The Bertz CT molecular complexity index is 940. The van der Waals surface area contributed by atoms with Gasteiger partial charge in [0.15, 0.2) is 15.6 Å². The van der Waals surface area contributed by atoms with E-state index in [9.17, 15) is 9.18 Å². The lowest BCUT2D eigenvalue weighted by molar-refractivity contribution is -0.113. The number of hydrogen-bond acceptors (Lipinski definition) is 5. The number of furan rings is 1. The van der Waals surface area contributed by atoms with Gasteiger partial charge in [0, 0.05) is 6.54 Å². The fourth-order valence-electron chi connectivity index (χ4n) is 2.18. The molecule has 0 saturated carbocycles. The van der Waals surface area contributed by atoms with Gasteiger partial charge in [-0.2, -0.15) is 0 Å². The van der Waals surface area contributed by atoms with Crippen LogP contribution in [0.5, 0.6) is 0 Å². The number of hydrogen-bond donors (Lipinski definition) is 1. The van der Waals surface area contributed by atoms with E-state index in [4.69, 9.17) is 4.42 Å². The van der Waals surface area contributed by atoms with Crippen LogP contribution in [0.2, 0.25) is 0 Å². The number of rotatable bonds is 7.